The van der Waals surface area contributed by atoms with Crippen LogP contribution in [0.4, 0.5) is 0 Å². The lowest BCUT2D eigenvalue weighted by atomic mass is 10.2. The summed E-state index contributed by atoms with van der Waals surface area (Å²) in [5.74, 6) is 1.69. The summed E-state index contributed by atoms with van der Waals surface area (Å²) in [6.45, 7) is 2.58. The number of aryl methyl sites for hydroxylation is 1. The summed E-state index contributed by atoms with van der Waals surface area (Å²) < 4.78 is 7.48. The molecule has 0 saturated carbocycles. The first kappa shape index (κ1) is 21.1. The van der Waals surface area contributed by atoms with Crippen LogP contribution in [-0.2, 0) is 13.1 Å². The van der Waals surface area contributed by atoms with Crippen molar-refractivity contribution < 1.29 is 4.74 Å². The van der Waals surface area contributed by atoms with E-state index in [1.807, 2.05) is 12.1 Å². The molecule has 0 spiro atoms. The maximum atomic E-state index is 5.18. The fraction of sp³-hybridized carbons (Fsp3) is 0.286. The van der Waals surface area contributed by atoms with Crippen molar-refractivity contribution >= 4 is 40.8 Å². The summed E-state index contributed by atoms with van der Waals surface area (Å²) in [6, 6.07) is 18.7. The van der Waals surface area contributed by atoms with Crippen LogP contribution in [0.1, 0.15) is 12.0 Å². The Morgan fingerprint density at radius 2 is 1.81 bits per heavy atom. The Bertz CT molecular complexity index is 858. The fourth-order valence-corrected chi connectivity index (χ4v) is 2.94. The Hall–Kier alpha value is -2.22. The number of benzene rings is 2. The third-order valence-electron chi connectivity index (χ3n) is 4.39. The number of rotatable bonds is 7. The second-order valence-electron chi connectivity index (χ2n) is 6.12. The normalized spacial score (nSPS) is 11.1. The minimum Gasteiger partial charge on any atom is -0.497 e. The zero-order valence-electron chi connectivity index (χ0n) is 15.8. The predicted molar refractivity (Wildman–Crippen MR) is 123 cm³/mol. The van der Waals surface area contributed by atoms with E-state index in [1.54, 1.807) is 14.2 Å². The van der Waals surface area contributed by atoms with Crippen LogP contribution in [0.15, 0.2) is 65.8 Å². The fourth-order valence-electron chi connectivity index (χ4n) is 2.94. The van der Waals surface area contributed by atoms with Crippen LogP contribution in [0, 0.1) is 0 Å². The third-order valence-corrected chi connectivity index (χ3v) is 4.39. The van der Waals surface area contributed by atoms with Gasteiger partial charge in [0, 0.05) is 38.4 Å². The Balaban J connectivity index is 0.00000261. The molecule has 1 heterocycles. The van der Waals surface area contributed by atoms with Gasteiger partial charge in [-0.05, 0) is 41.6 Å². The van der Waals surface area contributed by atoms with E-state index in [4.69, 9.17) is 4.74 Å². The van der Waals surface area contributed by atoms with E-state index in [-0.39, 0.29) is 24.0 Å². The van der Waals surface area contributed by atoms with Gasteiger partial charge in [0.25, 0.3) is 0 Å². The van der Waals surface area contributed by atoms with E-state index in [0.29, 0.717) is 0 Å². The number of hydrogen-bond donors (Lipinski definition) is 2. The molecule has 0 aliphatic carbocycles. The molecule has 144 valence electrons. The van der Waals surface area contributed by atoms with Crippen LogP contribution in [0.25, 0.3) is 10.9 Å². The summed E-state index contributed by atoms with van der Waals surface area (Å²) in [7, 11) is 3.47. The van der Waals surface area contributed by atoms with Crippen molar-refractivity contribution in [1.29, 1.82) is 0 Å². The maximum Gasteiger partial charge on any atom is 0.191 e. The molecule has 0 amide bonds. The summed E-state index contributed by atoms with van der Waals surface area (Å²) >= 11 is 0. The van der Waals surface area contributed by atoms with Gasteiger partial charge >= 0.3 is 0 Å². The van der Waals surface area contributed by atoms with Crippen molar-refractivity contribution in [3.05, 3.63) is 66.4 Å². The molecule has 1 aromatic heterocycles. The van der Waals surface area contributed by atoms with Gasteiger partial charge in [0.1, 0.15) is 5.75 Å². The molecule has 2 N–H and O–H groups in total. The smallest absolute Gasteiger partial charge is 0.191 e. The average molecular weight is 478 g/mol. The predicted octanol–water partition coefficient (Wildman–Crippen LogP) is 4.02. The topological polar surface area (TPSA) is 50.6 Å². The number of nitrogens with one attached hydrogen (secondary N) is 2. The Morgan fingerprint density at radius 1 is 1.04 bits per heavy atom. The molecular weight excluding hydrogens is 451 g/mol. The van der Waals surface area contributed by atoms with E-state index in [1.165, 1.54) is 16.5 Å². The molecule has 0 aliphatic heterocycles. The molecule has 0 fully saturated rings. The monoisotopic (exact) mass is 478 g/mol. The van der Waals surface area contributed by atoms with Crippen LogP contribution < -0.4 is 15.4 Å². The average Bonchev–Trinajstić information content (AvgIpc) is 3.11. The highest BCUT2D eigenvalue weighted by Gasteiger charge is 2.01. The first-order valence-corrected chi connectivity index (χ1v) is 8.91. The molecule has 2 aromatic carbocycles. The third kappa shape index (κ3) is 5.89. The number of ether oxygens (including phenoxy) is 1. The van der Waals surface area contributed by atoms with Crippen molar-refractivity contribution in [1.82, 2.24) is 15.2 Å². The quantitative estimate of drug-likeness (QED) is 0.234. The number of halogens is 1. The number of guanidine groups is 1. The van der Waals surface area contributed by atoms with Gasteiger partial charge in [-0.25, -0.2) is 0 Å². The van der Waals surface area contributed by atoms with E-state index in [9.17, 15) is 0 Å². The summed E-state index contributed by atoms with van der Waals surface area (Å²) in [5, 5.41) is 8.00. The number of fused-ring (bicyclic) bond motifs is 1. The van der Waals surface area contributed by atoms with Gasteiger partial charge in [0.05, 0.1) is 7.11 Å². The van der Waals surface area contributed by atoms with Gasteiger partial charge in [-0.1, -0.05) is 30.3 Å². The maximum absolute atomic E-state index is 5.18. The van der Waals surface area contributed by atoms with Crippen molar-refractivity contribution in [2.75, 3.05) is 20.7 Å². The van der Waals surface area contributed by atoms with Crippen molar-refractivity contribution in [3.8, 4) is 5.75 Å². The van der Waals surface area contributed by atoms with Crippen LogP contribution >= 0.6 is 24.0 Å². The molecule has 0 unspecified atom stereocenters. The lowest BCUT2D eigenvalue weighted by Crippen LogP contribution is -2.37. The van der Waals surface area contributed by atoms with Crippen LogP contribution in [0.2, 0.25) is 0 Å². The molecule has 0 aliphatic rings. The molecule has 27 heavy (non-hydrogen) atoms. The molecule has 3 rings (SSSR count). The Labute approximate surface area is 177 Å². The number of aliphatic imine (C=N–C) groups is 1. The highest BCUT2D eigenvalue weighted by Crippen LogP contribution is 2.15. The summed E-state index contributed by atoms with van der Waals surface area (Å²) in [5.41, 5.74) is 2.47. The molecule has 0 saturated heterocycles. The number of aromatic nitrogens is 1. The minimum atomic E-state index is 0. The van der Waals surface area contributed by atoms with E-state index in [2.05, 4.69) is 68.9 Å². The SMILES string of the molecule is CN=C(NCCCn1ccc2ccccc21)NCc1ccc(OC)cc1.I. The first-order valence-electron chi connectivity index (χ1n) is 8.91. The molecule has 5 nitrogen and oxygen atoms in total. The van der Waals surface area contributed by atoms with Crippen LogP contribution in [-0.4, -0.2) is 31.2 Å². The van der Waals surface area contributed by atoms with E-state index >= 15 is 0 Å². The summed E-state index contributed by atoms with van der Waals surface area (Å²) in [6.07, 6.45) is 3.18. The van der Waals surface area contributed by atoms with Gasteiger partial charge in [-0.3, -0.25) is 4.99 Å². The van der Waals surface area contributed by atoms with Crippen molar-refractivity contribution in [2.45, 2.75) is 19.5 Å². The number of methoxy groups -OCH3 is 1. The Kier molecular flexibility index (Phi) is 8.44. The van der Waals surface area contributed by atoms with Crippen molar-refractivity contribution in [2.24, 2.45) is 4.99 Å². The largest absolute Gasteiger partial charge is 0.497 e. The van der Waals surface area contributed by atoms with Crippen molar-refractivity contribution in [3.63, 3.8) is 0 Å². The highest BCUT2D eigenvalue weighted by atomic mass is 127. The Morgan fingerprint density at radius 3 is 2.56 bits per heavy atom. The number of nitrogens with zero attached hydrogens (tertiary/aromatic N) is 2. The molecular formula is C21H27IN4O. The molecule has 0 radical (unpaired) electrons. The van der Waals surface area contributed by atoms with Gasteiger partial charge in [-0.15, -0.1) is 24.0 Å². The molecule has 6 heteroatoms. The summed E-state index contributed by atoms with van der Waals surface area (Å²) in [4.78, 5) is 4.28. The molecule has 3 aromatic rings. The van der Waals surface area contributed by atoms with E-state index < -0.39 is 0 Å². The van der Waals surface area contributed by atoms with E-state index in [0.717, 1.165) is 37.8 Å². The zero-order chi connectivity index (χ0) is 18.2. The minimum absolute atomic E-state index is 0. The lowest BCUT2D eigenvalue weighted by Gasteiger charge is -2.12. The molecule has 0 atom stereocenters. The highest BCUT2D eigenvalue weighted by molar-refractivity contribution is 14.0. The standard InChI is InChI=1S/C21H26N4O.HI/c1-22-21(24-16-17-8-10-19(26-2)11-9-17)23-13-5-14-25-15-12-18-6-3-4-7-20(18)25;/h3-4,6-12,15H,5,13-14,16H2,1-2H3,(H2,22,23,24);1H. The lowest BCUT2D eigenvalue weighted by molar-refractivity contribution is 0.414. The first-order chi connectivity index (χ1) is 12.8. The van der Waals surface area contributed by atoms with Crippen LogP contribution in [0.3, 0.4) is 0 Å². The second-order valence-corrected chi connectivity index (χ2v) is 6.12. The van der Waals surface area contributed by atoms with Gasteiger partial charge < -0.3 is 19.9 Å². The van der Waals surface area contributed by atoms with Gasteiger partial charge in [0.15, 0.2) is 5.96 Å². The molecule has 0 bridgehead atoms. The van der Waals surface area contributed by atoms with Gasteiger partial charge in [-0.2, -0.15) is 0 Å². The van der Waals surface area contributed by atoms with Gasteiger partial charge in [0.2, 0.25) is 0 Å². The number of para-hydroxylation sites is 1. The number of hydrogen-bond acceptors (Lipinski definition) is 2. The van der Waals surface area contributed by atoms with Crippen LogP contribution in [0.5, 0.6) is 5.75 Å². The second kappa shape index (κ2) is 10.8. The zero-order valence-corrected chi connectivity index (χ0v) is 18.1.